The van der Waals surface area contributed by atoms with Gasteiger partial charge in [0.1, 0.15) is 5.60 Å². The van der Waals surface area contributed by atoms with E-state index in [4.69, 9.17) is 9.78 Å². The number of hydrogen-bond acceptors (Lipinski definition) is 3. The largest absolute Gasteiger partial charge is 0.342 e. The van der Waals surface area contributed by atoms with Crippen molar-refractivity contribution < 1.29 is 14.6 Å². The average molecular weight is 383 g/mol. The van der Waals surface area contributed by atoms with Gasteiger partial charge in [-0.15, -0.1) is 0 Å². The molecule has 160 valence electrons. The fraction of sp³-hybridized carbons (Fsp3) is 0.958. The summed E-state index contributed by atoms with van der Waals surface area (Å²) in [5.74, 6) is 1.76. The summed E-state index contributed by atoms with van der Waals surface area (Å²) in [6.07, 6.45) is 20.8. The molecule has 3 heteroatoms. The Morgan fingerprint density at radius 1 is 0.815 bits per heavy atom. The number of carbonyl (C=O) groups excluding carboxylic acids is 1. The molecule has 0 aromatic carbocycles. The molecule has 0 radical (unpaired) electrons. The van der Waals surface area contributed by atoms with Gasteiger partial charge >= 0.3 is 5.97 Å². The minimum absolute atomic E-state index is 0.238. The zero-order valence-electron chi connectivity index (χ0n) is 18.7. The molecule has 0 aliphatic heterocycles. The highest BCUT2D eigenvalue weighted by Gasteiger charge is 2.24. The third-order valence-corrected chi connectivity index (χ3v) is 5.84. The summed E-state index contributed by atoms with van der Waals surface area (Å²) in [5, 5.41) is 0. The number of hydrogen-bond donors (Lipinski definition) is 0. The normalized spacial score (nSPS) is 20.6. The van der Waals surface area contributed by atoms with E-state index in [0.717, 1.165) is 24.7 Å². The maximum Gasteiger partial charge on any atom is 0.342 e. The van der Waals surface area contributed by atoms with Gasteiger partial charge in [0.15, 0.2) is 0 Å². The van der Waals surface area contributed by atoms with Crippen LogP contribution in [0.4, 0.5) is 0 Å². The van der Waals surface area contributed by atoms with Crippen molar-refractivity contribution >= 4 is 5.97 Å². The monoisotopic (exact) mass is 382 g/mol. The SMILES string of the molecule is CCCCCCC1CCCCC1CCCCCCCC(=O)OOC(C)(C)C. The van der Waals surface area contributed by atoms with Crippen LogP contribution >= 0.6 is 0 Å². The van der Waals surface area contributed by atoms with Crippen molar-refractivity contribution in [2.24, 2.45) is 11.8 Å². The second-order valence-electron chi connectivity index (χ2n) is 9.61. The van der Waals surface area contributed by atoms with Gasteiger partial charge in [0.25, 0.3) is 0 Å². The first kappa shape index (κ1) is 24.5. The molecule has 0 amide bonds. The van der Waals surface area contributed by atoms with Crippen molar-refractivity contribution in [3.63, 3.8) is 0 Å². The highest BCUT2D eigenvalue weighted by atomic mass is 17.2. The molecule has 0 bridgehead atoms. The van der Waals surface area contributed by atoms with Gasteiger partial charge in [-0.05, 0) is 39.0 Å². The van der Waals surface area contributed by atoms with Gasteiger partial charge in [0.2, 0.25) is 0 Å². The third kappa shape index (κ3) is 13.3. The van der Waals surface area contributed by atoms with Crippen molar-refractivity contribution in [2.75, 3.05) is 0 Å². The Balaban J connectivity index is 2.03. The molecule has 0 saturated heterocycles. The topological polar surface area (TPSA) is 35.5 Å². The molecule has 1 saturated carbocycles. The highest BCUT2D eigenvalue weighted by Crippen LogP contribution is 2.36. The van der Waals surface area contributed by atoms with Crippen molar-refractivity contribution in [1.29, 1.82) is 0 Å². The molecule has 0 N–H and O–H groups in total. The predicted octanol–water partition coefficient (Wildman–Crippen LogP) is 7.77. The van der Waals surface area contributed by atoms with E-state index in [1.165, 1.54) is 83.5 Å². The summed E-state index contributed by atoms with van der Waals surface area (Å²) in [7, 11) is 0. The first-order valence-electron chi connectivity index (χ1n) is 11.8. The fourth-order valence-corrected chi connectivity index (χ4v) is 4.30. The second kappa shape index (κ2) is 14.4. The Hall–Kier alpha value is -0.570. The summed E-state index contributed by atoms with van der Waals surface area (Å²) in [6.45, 7) is 7.93. The lowest BCUT2D eigenvalue weighted by Crippen LogP contribution is -2.21. The van der Waals surface area contributed by atoms with E-state index in [9.17, 15) is 4.79 Å². The third-order valence-electron chi connectivity index (χ3n) is 5.84. The van der Waals surface area contributed by atoms with Crippen LogP contribution in [0.2, 0.25) is 0 Å². The van der Waals surface area contributed by atoms with Crippen LogP contribution in [-0.2, 0) is 14.6 Å². The molecule has 0 spiro atoms. The molecular weight excluding hydrogens is 336 g/mol. The summed E-state index contributed by atoms with van der Waals surface area (Å²) < 4.78 is 0. The van der Waals surface area contributed by atoms with E-state index in [0.29, 0.717) is 6.42 Å². The van der Waals surface area contributed by atoms with Crippen LogP contribution in [-0.4, -0.2) is 11.6 Å². The number of rotatable bonds is 14. The lowest BCUT2D eigenvalue weighted by atomic mass is 9.74. The van der Waals surface area contributed by atoms with E-state index >= 15 is 0 Å². The molecular formula is C24H46O3. The fourth-order valence-electron chi connectivity index (χ4n) is 4.30. The van der Waals surface area contributed by atoms with Gasteiger partial charge in [-0.25, -0.2) is 4.79 Å². The molecule has 27 heavy (non-hydrogen) atoms. The summed E-state index contributed by atoms with van der Waals surface area (Å²) >= 11 is 0. The molecule has 1 rings (SSSR count). The van der Waals surface area contributed by atoms with Gasteiger partial charge in [-0.1, -0.05) is 96.8 Å². The van der Waals surface area contributed by atoms with Crippen molar-refractivity contribution in [3.05, 3.63) is 0 Å². The second-order valence-corrected chi connectivity index (χ2v) is 9.61. The molecule has 0 aromatic heterocycles. The summed E-state index contributed by atoms with van der Waals surface area (Å²) in [5.41, 5.74) is -0.428. The lowest BCUT2D eigenvalue weighted by Gasteiger charge is -2.32. The molecule has 1 fully saturated rings. The average Bonchev–Trinajstić information content (AvgIpc) is 2.63. The maximum atomic E-state index is 11.6. The van der Waals surface area contributed by atoms with Gasteiger partial charge in [-0.3, -0.25) is 4.89 Å². The van der Waals surface area contributed by atoms with E-state index in [2.05, 4.69) is 6.92 Å². The van der Waals surface area contributed by atoms with E-state index in [-0.39, 0.29) is 5.97 Å². The minimum Gasteiger partial charge on any atom is -0.298 e. The zero-order chi connectivity index (χ0) is 20.0. The van der Waals surface area contributed by atoms with Crippen LogP contribution in [0.15, 0.2) is 0 Å². The Morgan fingerprint density at radius 3 is 1.89 bits per heavy atom. The van der Waals surface area contributed by atoms with Crippen LogP contribution in [0.5, 0.6) is 0 Å². The van der Waals surface area contributed by atoms with E-state index in [1.54, 1.807) is 0 Å². The van der Waals surface area contributed by atoms with Gasteiger partial charge in [0, 0.05) is 6.42 Å². The summed E-state index contributed by atoms with van der Waals surface area (Å²) in [6, 6.07) is 0. The molecule has 1 aliphatic rings. The Kier molecular flexibility index (Phi) is 13.1. The van der Waals surface area contributed by atoms with Crippen LogP contribution in [0.3, 0.4) is 0 Å². The maximum absolute atomic E-state index is 11.6. The van der Waals surface area contributed by atoms with Crippen molar-refractivity contribution in [2.45, 2.75) is 136 Å². The molecule has 2 atom stereocenters. The lowest BCUT2D eigenvalue weighted by molar-refractivity contribution is -0.320. The molecule has 2 unspecified atom stereocenters. The molecule has 0 aromatic rings. The first-order valence-corrected chi connectivity index (χ1v) is 11.8. The van der Waals surface area contributed by atoms with Crippen LogP contribution in [0.1, 0.15) is 130 Å². The standard InChI is InChI=1S/C24H46O3/c1-5-6-7-11-16-21-18-14-15-19-22(21)17-12-9-8-10-13-20-23(25)26-27-24(2,3)4/h21-22H,5-20H2,1-4H3. The van der Waals surface area contributed by atoms with Crippen LogP contribution < -0.4 is 0 Å². The van der Waals surface area contributed by atoms with Crippen LogP contribution in [0.25, 0.3) is 0 Å². The number of unbranched alkanes of at least 4 members (excludes halogenated alkanes) is 7. The van der Waals surface area contributed by atoms with Crippen LogP contribution in [0, 0.1) is 11.8 Å². The highest BCUT2D eigenvalue weighted by molar-refractivity contribution is 5.68. The minimum atomic E-state index is -0.428. The van der Waals surface area contributed by atoms with Gasteiger partial charge in [0.05, 0.1) is 0 Å². The molecule has 3 nitrogen and oxygen atoms in total. The first-order chi connectivity index (χ1) is 12.9. The molecule has 0 heterocycles. The molecule has 1 aliphatic carbocycles. The summed E-state index contributed by atoms with van der Waals surface area (Å²) in [4.78, 5) is 21.5. The predicted molar refractivity (Wildman–Crippen MR) is 113 cm³/mol. The quantitative estimate of drug-likeness (QED) is 0.175. The Morgan fingerprint density at radius 2 is 1.33 bits per heavy atom. The van der Waals surface area contributed by atoms with Crippen molar-refractivity contribution in [1.82, 2.24) is 0 Å². The van der Waals surface area contributed by atoms with Crippen molar-refractivity contribution in [3.8, 4) is 0 Å². The van der Waals surface area contributed by atoms with E-state index < -0.39 is 5.60 Å². The van der Waals surface area contributed by atoms with E-state index in [1.807, 2.05) is 20.8 Å². The van der Waals surface area contributed by atoms with Gasteiger partial charge in [-0.2, -0.15) is 4.89 Å². The smallest absolute Gasteiger partial charge is 0.298 e. The van der Waals surface area contributed by atoms with Gasteiger partial charge < -0.3 is 0 Å². The zero-order valence-corrected chi connectivity index (χ0v) is 18.7. The number of carbonyl (C=O) groups is 1. The Labute approximate surface area is 168 Å². The Bertz CT molecular complexity index is 372.